The Morgan fingerprint density at radius 1 is 1.25 bits per heavy atom. The highest BCUT2D eigenvalue weighted by Gasteiger charge is 2.25. The molecule has 108 valence electrons. The first-order valence-corrected chi connectivity index (χ1v) is 6.83. The maximum atomic E-state index is 12.4. The first kappa shape index (κ1) is 14.4. The summed E-state index contributed by atoms with van der Waals surface area (Å²) < 4.78 is 3.59. The lowest BCUT2D eigenvalue weighted by molar-refractivity contribution is 0.461. The summed E-state index contributed by atoms with van der Waals surface area (Å²) in [5.74, 6) is 0. The van der Waals surface area contributed by atoms with Crippen molar-refractivity contribution in [3.63, 3.8) is 0 Å². The molecule has 2 aromatic rings. The molecule has 0 radical (unpaired) electrons. The van der Waals surface area contributed by atoms with Crippen molar-refractivity contribution < 1.29 is 0 Å². The van der Waals surface area contributed by atoms with E-state index in [9.17, 15) is 4.79 Å². The van der Waals surface area contributed by atoms with E-state index in [1.165, 1.54) is 5.56 Å². The third-order valence-corrected chi connectivity index (χ3v) is 3.53. The molecule has 0 bridgehead atoms. The molecule has 1 aromatic heterocycles. The number of nitrogens with two attached hydrogens (primary N) is 1. The topological polar surface area (TPSA) is 52.9 Å². The van der Waals surface area contributed by atoms with Crippen LogP contribution in [-0.4, -0.2) is 9.36 Å². The second kappa shape index (κ2) is 4.85. The van der Waals surface area contributed by atoms with Crippen molar-refractivity contribution in [1.82, 2.24) is 9.36 Å². The van der Waals surface area contributed by atoms with Gasteiger partial charge in [-0.2, -0.15) is 0 Å². The minimum absolute atomic E-state index is 0.112. The first-order chi connectivity index (χ1) is 9.21. The maximum absolute atomic E-state index is 12.4. The van der Waals surface area contributed by atoms with E-state index in [0.29, 0.717) is 12.2 Å². The summed E-state index contributed by atoms with van der Waals surface area (Å²) in [4.78, 5) is 12.4. The third-order valence-electron chi connectivity index (χ3n) is 3.53. The van der Waals surface area contributed by atoms with Crippen molar-refractivity contribution >= 4 is 5.69 Å². The largest absolute Gasteiger partial charge is 0.393 e. The minimum atomic E-state index is -0.157. The summed E-state index contributed by atoms with van der Waals surface area (Å²) in [5.41, 5.74) is 9.28. The number of nitrogen functional groups attached to an aromatic ring is 1. The van der Waals surface area contributed by atoms with Crippen molar-refractivity contribution in [2.75, 3.05) is 5.73 Å². The number of hydrogen-bond acceptors (Lipinski definition) is 2. The molecule has 2 N–H and O–H groups in total. The SMILES string of the molecule is Cc1cccc(Cn2c(=O)c(N)c(C(C)(C)C)n2C)c1. The predicted octanol–water partition coefficient (Wildman–Crippen LogP) is 2.42. The number of hydrogen-bond donors (Lipinski definition) is 1. The zero-order chi connectivity index (χ0) is 15.1. The van der Waals surface area contributed by atoms with Crippen molar-refractivity contribution in [3.8, 4) is 0 Å². The second-order valence-electron chi connectivity index (χ2n) is 6.39. The zero-order valence-corrected chi connectivity index (χ0v) is 12.9. The molecule has 1 aromatic carbocycles. The highest BCUT2D eigenvalue weighted by molar-refractivity contribution is 5.45. The molecule has 0 fully saturated rings. The average molecular weight is 273 g/mol. The third kappa shape index (κ3) is 2.50. The minimum Gasteiger partial charge on any atom is -0.393 e. The summed E-state index contributed by atoms with van der Waals surface area (Å²) in [6.07, 6.45) is 0. The zero-order valence-electron chi connectivity index (χ0n) is 12.9. The Morgan fingerprint density at radius 3 is 2.40 bits per heavy atom. The van der Waals surface area contributed by atoms with Crippen LogP contribution in [-0.2, 0) is 19.0 Å². The molecule has 0 aliphatic heterocycles. The van der Waals surface area contributed by atoms with Crippen LogP contribution in [0.2, 0.25) is 0 Å². The van der Waals surface area contributed by atoms with Crippen molar-refractivity contribution in [2.24, 2.45) is 7.05 Å². The normalized spacial score (nSPS) is 11.8. The number of aromatic nitrogens is 2. The molecule has 0 amide bonds. The standard InChI is InChI=1S/C16H23N3O/c1-11-7-6-8-12(9-11)10-19-15(20)13(17)14(18(19)5)16(2,3)4/h6-9H,10,17H2,1-5H3. The summed E-state index contributed by atoms with van der Waals surface area (Å²) in [6, 6.07) is 8.17. The van der Waals surface area contributed by atoms with Gasteiger partial charge in [-0.1, -0.05) is 50.6 Å². The molecule has 0 saturated carbocycles. The summed E-state index contributed by atoms with van der Waals surface area (Å²) in [5, 5.41) is 0. The van der Waals surface area contributed by atoms with Gasteiger partial charge in [0.25, 0.3) is 5.56 Å². The highest BCUT2D eigenvalue weighted by Crippen LogP contribution is 2.25. The van der Waals surface area contributed by atoms with Crippen molar-refractivity contribution in [3.05, 3.63) is 51.4 Å². The Morgan fingerprint density at radius 2 is 1.90 bits per heavy atom. The van der Waals surface area contributed by atoms with Crippen LogP contribution in [0, 0.1) is 6.92 Å². The quantitative estimate of drug-likeness (QED) is 0.913. The fourth-order valence-corrected chi connectivity index (χ4v) is 2.72. The van der Waals surface area contributed by atoms with E-state index in [0.717, 1.165) is 11.3 Å². The lowest BCUT2D eigenvalue weighted by Gasteiger charge is -2.21. The van der Waals surface area contributed by atoms with Gasteiger partial charge in [0.2, 0.25) is 0 Å². The van der Waals surface area contributed by atoms with Crippen LogP contribution in [0.5, 0.6) is 0 Å². The number of anilines is 1. The van der Waals surface area contributed by atoms with E-state index in [2.05, 4.69) is 26.8 Å². The van der Waals surface area contributed by atoms with Crippen LogP contribution in [0.4, 0.5) is 5.69 Å². The molecule has 0 aliphatic carbocycles. The molecule has 0 saturated heterocycles. The average Bonchev–Trinajstić information content (AvgIpc) is 2.53. The number of rotatable bonds is 2. The number of nitrogens with zero attached hydrogens (tertiary/aromatic N) is 2. The van der Waals surface area contributed by atoms with Gasteiger partial charge in [0, 0.05) is 12.5 Å². The molecule has 0 spiro atoms. The van der Waals surface area contributed by atoms with Gasteiger partial charge in [-0.3, -0.25) is 9.48 Å². The Labute approximate surface area is 119 Å². The smallest absolute Gasteiger partial charge is 0.290 e. The van der Waals surface area contributed by atoms with E-state index in [1.807, 2.05) is 36.9 Å². The summed E-state index contributed by atoms with van der Waals surface area (Å²) in [7, 11) is 1.90. The molecule has 2 rings (SSSR count). The van der Waals surface area contributed by atoms with Gasteiger partial charge in [0.1, 0.15) is 5.69 Å². The monoisotopic (exact) mass is 273 g/mol. The van der Waals surface area contributed by atoms with Crippen LogP contribution in [0.25, 0.3) is 0 Å². The van der Waals surface area contributed by atoms with Crippen LogP contribution in [0.1, 0.15) is 37.6 Å². The fraction of sp³-hybridized carbons (Fsp3) is 0.438. The highest BCUT2D eigenvalue weighted by atomic mass is 16.1. The van der Waals surface area contributed by atoms with Gasteiger partial charge < -0.3 is 5.73 Å². The molecule has 4 heteroatoms. The second-order valence-corrected chi connectivity index (χ2v) is 6.39. The van der Waals surface area contributed by atoms with E-state index in [-0.39, 0.29) is 11.0 Å². The fourth-order valence-electron chi connectivity index (χ4n) is 2.72. The first-order valence-electron chi connectivity index (χ1n) is 6.83. The van der Waals surface area contributed by atoms with Gasteiger partial charge in [0.05, 0.1) is 12.2 Å². The molecule has 20 heavy (non-hydrogen) atoms. The molecule has 0 aliphatic rings. The lowest BCUT2D eigenvalue weighted by Crippen LogP contribution is -2.24. The van der Waals surface area contributed by atoms with Crippen LogP contribution < -0.4 is 11.3 Å². The van der Waals surface area contributed by atoms with Crippen molar-refractivity contribution in [1.29, 1.82) is 0 Å². The molecule has 4 nitrogen and oxygen atoms in total. The molecule has 0 atom stereocenters. The molecule has 1 heterocycles. The predicted molar refractivity (Wildman–Crippen MR) is 83.1 cm³/mol. The van der Waals surface area contributed by atoms with E-state index >= 15 is 0 Å². The maximum Gasteiger partial charge on any atom is 0.290 e. The Bertz CT molecular complexity index is 687. The van der Waals surface area contributed by atoms with Gasteiger partial charge in [-0.25, -0.2) is 4.68 Å². The molecular weight excluding hydrogens is 250 g/mol. The van der Waals surface area contributed by atoms with E-state index < -0.39 is 0 Å². The number of aryl methyl sites for hydroxylation is 1. The Hall–Kier alpha value is -1.97. The van der Waals surface area contributed by atoms with Gasteiger partial charge in [0.15, 0.2) is 0 Å². The van der Waals surface area contributed by atoms with E-state index in [4.69, 9.17) is 5.73 Å². The van der Waals surface area contributed by atoms with Crippen LogP contribution in [0.15, 0.2) is 29.1 Å². The van der Waals surface area contributed by atoms with Gasteiger partial charge >= 0.3 is 0 Å². The van der Waals surface area contributed by atoms with E-state index in [1.54, 1.807) is 4.68 Å². The van der Waals surface area contributed by atoms with Gasteiger partial charge in [-0.15, -0.1) is 0 Å². The summed E-state index contributed by atoms with van der Waals surface area (Å²) >= 11 is 0. The Balaban J connectivity index is 2.52. The van der Waals surface area contributed by atoms with Crippen LogP contribution in [0.3, 0.4) is 0 Å². The number of benzene rings is 1. The van der Waals surface area contributed by atoms with Crippen LogP contribution >= 0.6 is 0 Å². The Kier molecular flexibility index (Phi) is 3.50. The summed E-state index contributed by atoms with van der Waals surface area (Å²) in [6.45, 7) is 8.78. The van der Waals surface area contributed by atoms with Gasteiger partial charge in [-0.05, 0) is 12.5 Å². The molecular formula is C16H23N3O. The molecule has 0 unspecified atom stereocenters. The van der Waals surface area contributed by atoms with Crippen molar-refractivity contribution in [2.45, 2.75) is 39.7 Å². The lowest BCUT2D eigenvalue weighted by atomic mass is 9.91.